The number of hydrogen-bond donors (Lipinski definition) is 0. The molecule has 8 nitrogen and oxygen atoms in total. The van der Waals surface area contributed by atoms with Crippen molar-refractivity contribution in [2.45, 2.75) is 26.4 Å². The summed E-state index contributed by atoms with van der Waals surface area (Å²) in [6, 6.07) is 7.10. The summed E-state index contributed by atoms with van der Waals surface area (Å²) in [7, 11) is 1.23. The van der Waals surface area contributed by atoms with Crippen LogP contribution in [0.25, 0.3) is 11.3 Å². The fraction of sp³-hybridized carbons (Fsp3) is 0.294. The molecule has 1 aromatic heterocycles. The van der Waals surface area contributed by atoms with Gasteiger partial charge in [-0.3, -0.25) is 14.7 Å². The van der Waals surface area contributed by atoms with E-state index in [1.807, 2.05) is 0 Å². The van der Waals surface area contributed by atoms with Crippen molar-refractivity contribution in [1.82, 2.24) is 4.57 Å². The van der Waals surface area contributed by atoms with Gasteiger partial charge in [0, 0.05) is 18.3 Å². The highest BCUT2D eigenvalue weighted by Gasteiger charge is 2.23. The van der Waals surface area contributed by atoms with E-state index in [0.29, 0.717) is 11.3 Å². The van der Waals surface area contributed by atoms with Crippen molar-refractivity contribution in [3.63, 3.8) is 0 Å². The summed E-state index contributed by atoms with van der Waals surface area (Å²) in [5.74, 6) is -0.606. The Bertz CT molecular complexity index is 815. The second kappa shape index (κ2) is 6.76. The van der Waals surface area contributed by atoms with Gasteiger partial charge in [-0.25, -0.2) is 9.59 Å². The number of carbonyl (C=O) groups excluding carboxylic acids is 2. The van der Waals surface area contributed by atoms with Gasteiger partial charge in [-0.05, 0) is 44.5 Å². The van der Waals surface area contributed by atoms with Gasteiger partial charge in [0.05, 0.1) is 23.3 Å². The predicted octanol–water partition coefficient (Wildman–Crippen LogP) is 3.63. The van der Waals surface area contributed by atoms with E-state index in [0.717, 1.165) is 0 Å². The second-order valence-electron chi connectivity index (χ2n) is 6.26. The first kappa shape index (κ1) is 18.2. The molecule has 1 heterocycles. The van der Waals surface area contributed by atoms with Gasteiger partial charge in [-0.2, -0.15) is 0 Å². The number of nitrogens with zero attached hydrogens (tertiary/aromatic N) is 2. The molecule has 0 saturated heterocycles. The Morgan fingerprint density at radius 2 is 1.76 bits per heavy atom. The van der Waals surface area contributed by atoms with E-state index >= 15 is 0 Å². The summed E-state index contributed by atoms with van der Waals surface area (Å²) in [5, 5.41) is 10.8. The predicted molar refractivity (Wildman–Crippen MR) is 89.5 cm³/mol. The number of ether oxygens (including phenoxy) is 2. The Labute approximate surface area is 144 Å². The number of benzene rings is 1. The van der Waals surface area contributed by atoms with Gasteiger partial charge < -0.3 is 9.47 Å². The topological polar surface area (TPSA) is 101 Å². The number of carbonyl (C=O) groups is 2. The Kier molecular flexibility index (Phi) is 4.92. The Morgan fingerprint density at radius 3 is 2.24 bits per heavy atom. The minimum atomic E-state index is -0.723. The molecule has 0 bridgehead atoms. The summed E-state index contributed by atoms with van der Waals surface area (Å²) in [6.45, 7) is 5.17. The summed E-state index contributed by atoms with van der Waals surface area (Å²) < 4.78 is 11.2. The lowest BCUT2D eigenvalue weighted by Crippen LogP contribution is -2.27. The van der Waals surface area contributed by atoms with E-state index < -0.39 is 22.6 Å². The van der Waals surface area contributed by atoms with Crippen LogP contribution in [-0.4, -0.2) is 34.3 Å². The quantitative estimate of drug-likeness (QED) is 0.478. The van der Waals surface area contributed by atoms with Crippen LogP contribution < -0.4 is 0 Å². The molecule has 0 spiro atoms. The van der Waals surface area contributed by atoms with Crippen LogP contribution >= 0.6 is 0 Å². The molecule has 0 N–H and O–H groups in total. The van der Waals surface area contributed by atoms with Crippen LogP contribution in [0.5, 0.6) is 0 Å². The lowest BCUT2D eigenvalue weighted by atomic mass is 10.1. The highest BCUT2D eigenvalue weighted by molar-refractivity contribution is 5.93. The molecule has 2 aromatic rings. The number of esters is 1. The first-order valence-corrected chi connectivity index (χ1v) is 7.41. The molecular formula is C17H18N2O6. The number of methoxy groups -OCH3 is 1. The van der Waals surface area contributed by atoms with Crippen LogP contribution in [0.4, 0.5) is 10.5 Å². The summed E-state index contributed by atoms with van der Waals surface area (Å²) in [5.41, 5.74) is 0.254. The van der Waals surface area contributed by atoms with E-state index in [-0.39, 0.29) is 11.3 Å². The first-order valence-electron chi connectivity index (χ1n) is 7.41. The molecule has 0 amide bonds. The SMILES string of the molecule is COC(=O)c1cc(-c2ccc([N+](=O)[O-])cc2)n(C(=O)OC(C)(C)C)c1. The molecule has 1 aromatic carbocycles. The van der Waals surface area contributed by atoms with Gasteiger partial charge >= 0.3 is 12.1 Å². The largest absolute Gasteiger partial charge is 0.465 e. The van der Waals surface area contributed by atoms with Crippen LogP contribution in [0.2, 0.25) is 0 Å². The van der Waals surface area contributed by atoms with Crippen molar-refractivity contribution < 1.29 is 24.0 Å². The molecule has 0 saturated carbocycles. The van der Waals surface area contributed by atoms with Gasteiger partial charge in [0.2, 0.25) is 0 Å². The van der Waals surface area contributed by atoms with Crippen molar-refractivity contribution in [3.05, 3.63) is 52.2 Å². The molecule has 25 heavy (non-hydrogen) atoms. The van der Waals surface area contributed by atoms with Gasteiger partial charge in [-0.1, -0.05) is 0 Å². The van der Waals surface area contributed by atoms with E-state index in [1.54, 1.807) is 20.8 Å². The average molecular weight is 346 g/mol. The molecule has 0 atom stereocenters. The van der Waals surface area contributed by atoms with Gasteiger partial charge in [0.15, 0.2) is 0 Å². The van der Waals surface area contributed by atoms with E-state index in [9.17, 15) is 19.7 Å². The summed E-state index contributed by atoms with van der Waals surface area (Å²) in [6.07, 6.45) is 0.646. The molecule has 0 aliphatic rings. The number of rotatable bonds is 3. The third kappa shape index (κ3) is 4.23. The van der Waals surface area contributed by atoms with Crippen LogP contribution in [-0.2, 0) is 9.47 Å². The monoisotopic (exact) mass is 346 g/mol. The summed E-state index contributed by atoms with van der Waals surface area (Å²) >= 11 is 0. The zero-order chi connectivity index (χ0) is 18.8. The lowest BCUT2D eigenvalue weighted by molar-refractivity contribution is -0.384. The molecule has 0 fully saturated rings. The fourth-order valence-electron chi connectivity index (χ4n) is 2.13. The first-order chi connectivity index (χ1) is 11.6. The third-order valence-electron chi connectivity index (χ3n) is 3.21. The van der Waals surface area contributed by atoms with Crippen LogP contribution in [0.15, 0.2) is 36.5 Å². The number of nitro groups is 1. The molecule has 0 aliphatic heterocycles. The summed E-state index contributed by atoms with van der Waals surface area (Å²) in [4.78, 5) is 34.5. The second-order valence-corrected chi connectivity index (χ2v) is 6.26. The van der Waals surface area contributed by atoms with Crippen molar-refractivity contribution in [1.29, 1.82) is 0 Å². The average Bonchev–Trinajstić information content (AvgIpc) is 2.98. The minimum Gasteiger partial charge on any atom is -0.465 e. The highest BCUT2D eigenvalue weighted by Crippen LogP contribution is 2.26. The highest BCUT2D eigenvalue weighted by atomic mass is 16.6. The fourth-order valence-corrected chi connectivity index (χ4v) is 2.13. The van der Waals surface area contributed by atoms with E-state index in [4.69, 9.17) is 4.74 Å². The molecule has 0 aliphatic carbocycles. The van der Waals surface area contributed by atoms with Crippen molar-refractivity contribution in [2.24, 2.45) is 0 Å². The number of nitro benzene ring substituents is 1. The van der Waals surface area contributed by atoms with Crippen LogP contribution in [0.1, 0.15) is 31.1 Å². The maximum absolute atomic E-state index is 12.4. The molecule has 132 valence electrons. The molecule has 0 radical (unpaired) electrons. The smallest absolute Gasteiger partial charge is 0.419 e. The number of aromatic nitrogens is 1. The maximum Gasteiger partial charge on any atom is 0.419 e. The van der Waals surface area contributed by atoms with Gasteiger partial charge in [0.1, 0.15) is 5.60 Å². The molecular weight excluding hydrogens is 328 g/mol. The minimum absolute atomic E-state index is 0.0766. The van der Waals surface area contributed by atoms with Crippen LogP contribution in [0, 0.1) is 10.1 Å². The molecule has 2 rings (SSSR count). The standard InChI is InChI=1S/C17H18N2O6/c1-17(2,3)25-16(21)18-10-12(15(20)24-4)9-14(18)11-5-7-13(8-6-11)19(22)23/h5-10H,1-4H3. The lowest BCUT2D eigenvalue weighted by Gasteiger charge is -2.20. The normalized spacial score (nSPS) is 11.0. The van der Waals surface area contributed by atoms with E-state index in [1.165, 1.54) is 48.2 Å². The van der Waals surface area contributed by atoms with Crippen LogP contribution in [0.3, 0.4) is 0 Å². The van der Waals surface area contributed by atoms with E-state index in [2.05, 4.69) is 4.74 Å². The van der Waals surface area contributed by atoms with Crippen molar-refractivity contribution in [2.75, 3.05) is 7.11 Å². The molecule has 0 unspecified atom stereocenters. The zero-order valence-corrected chi connectivity index (χ0v) is 14.3. The van der Waals surface area contributed by atoms with Gasteiger partial charge in [0.25, 0.3) is 5.69 Å². The Morgan fingerprint density at radius 1 is 1.16 bits per heavy atom. The maximum atomic E-state index is 12.4. The van der Waals surface area contributed by atoms with Crippen molar-refractivity contribution >= 4 is 17.7 Å². The molecule has 8 heteroatoms. The number of hydrogen-bond acceptors (Lipinski definition) is 6. The zero-order valence-electron chi connectivity index (χ0n) is 14.3. The van der Waals surface area contributed by atoms with Gasteiger partial charge in [-0.15, -0.1) is 0 Å². The van der Waals surface area contributed by atoms with Crippen molar-refractivity contribution in [3.8, 4) is 11.3 Å². The Hall–Kier alpha value is -3.16. The number of non-ortho nitro benzene ring substituents is 1. The Balaban J connectivity index is 2.50. The third-order valence-corrected chi connectivity index (χ3v) is 3.21.